The predicted octanol–water partition coefficient (Wildman–Crippen LogP) is 4.74. The maximum absolute atomic E-state index is 6.19. The average molecular weight is 315 g/mol. The third kappa shape index (κ3) is 3.08. The zero-order valence-corrected chi connectivity index (χ0v) is 14.1. The minimum Gasteiger partial charge on any atom is -0.365 e. The van der Waals surface area contributed by atoms with Gasteiger partial charge in [0, 0.05) is 30.4 Å². The monoisotopic (exact) mass is 314 g/mol. The molecule has 1 heterocycles. The highest BCUT2D eigenvalue weighted by atomic mass is 35.5. The van der Waals surface area contributed by atoms with Crippen LogP contribution in [0, 0.1) is 0 Å². The molecule has 0 aliphatic carbocycles. The van der Waals surface area contributed by atoms with E-state index >= 15 is 0 Å². The molecule has 2 rings (SSSR count). The molecule has 1 unspecified atom stereocenters. The van der Waals surface area contributed by atoms with Gasteiger partial charge in [-0.05, 0) is 37.5 Å². The number of hydrogen-bond donors (Lipinski definition) is 1. The topological polar surface area (TPSA) is 15.3 Å². The first-order valence-corrected chi connectivity index (χ1v) is 8.27. The van der Waals surface area contributed by atoms with Crippen LogP contribution in [0.3, 0.4) is 0 Å². The van der Waals surface area contributed by atoms with Crippen molar-refractivity contribution in [3.8, 4) is 0 Å². The van der Waals surface area contributed by atoms with Gasteiger partial charge in [0.2, 0.25) is 0 Å². The molecule has 2 nitrogen and oxygen atoms in total. The van der Waals surface area contributed by atoms with Gasteiger partial charge in [0.05, 0.1) is 10.0 Å². The summed E-state index contributed by atoms with van der Waals surface area (Å²) < 4.78 is 0. The minimum absolute atomic E-state index is 0.206. The molecule has 1 aliphatic rings. The van der Waals surface area contributed by atoms with Gasteiger partial charge < -0.3 is 10.2 Å². The molecular weight excluding hydrogens is 291 g/mol. The molecule has 112 valence electrons. The smallest absolute Gasteiger partial charge is 0.0612 e. The predicted molar refractivity (Wildman–Crippen MR) is 89.2 cm³/mol. The molecule has 20 heavy (non-hydrogen) atoms. The zero-order valence-electron chi connectivity index (χ0n) is 12.5. The number of benzene rings is 1. The van der Waals surface area contributed by atoms with E-state index in [1.165, 1.54) is 5.69 Å². The van der Waals surface area contributed by atoms with Crippen LogP contribution in [0.1, 0.15) is 40.0 Å². The van der Waals surface area contributed by atoms with Crippen molar-refractivity contribution in [3.05, 3.63) is 28.2 Å². The molecule has 1 aromatic rings. The van der Waals surface area contributed by atoms with Crippen molar-refractivity contribution < 1.29 is 0 Å². The lowest BCUT2D eigenvalue weighted by atomic mass is 9.87. The molecule has 4 heteroatoms. The van der Waals surface area contributed by atoms with Crippen LogP contribution in [0.2, 0.25) is 10.0 Å². The largest absolute Gasteiger partial charge is 0.365 e. The van der Waals surface area contributed by atoms with Crippen LogP contribution in [0.15, 0.2) is 18.2 Å². The average Bonchev–Trinajstić information content (AvgIpc) is 2.49. The Kier molecular flexibility index (Phi) is 5.22. The van der Waals surface area contributed by atoms with Crippen LogP contribution in [0.4, 0.5) is 5.69 Å². The molecule has 0 aromatic heterocycles. The van der Waals surface area contributed by atoms with E-state index in [-0.39, 0.29) is 5.54 Å². The Balaban J connectivity index is 2.31. The van der Waals surface area contributed by atoms with Crippen LogP contribution in [0.25, 0.3) is 0 Å². The number of hydrogen-bond acceptors (Lipinski definition) is 2. The number of anilines is 1. The van der Waals surface area contributed by atoms with Crippen LogP contribution in [0.5, 0.6) is 0 Å². The van der Waals surface area contributed by atoms with Gasteiger partial charge in [-0.15, -0.1) is 0 Å². The fraction of sp³-hybridized carbons (Fsp3) is 0.625. The normalized spacial score (nSPS) is 22.1. The molecule has 0 spiro atoms. The molecule has 0 saturated carbocycles. The summed E-state index contributed by atoms with van der Waals surface area (Å²) in [6, 6.07) is 6.48. The molecule has 1 fully saturated rings. The van der Waals surface area contributed by atoms with E-state index in [2.05, 4.69) is 37.1 Å². The van der Waals surface area contributed by atoms with E-state index in [1.807, 2.05) is 12.1 Å². The summed E-state index contributed by atoms with van der Waals surface area (Å²) in [5.74, 6) is 0. The van der Waals surface area contributed by atoms with Crippen LogP contribution < -0.4 is 10.2 Å². The summed E-state index contributed by atoms with van der Waals surface area (Å²) >= 11 is 12.2. The molecule has 0 amide bonds. The standard InChI is InChI=1S/C16H24Cl2N2/c1-4-12-10-19-16(5-2,6-3)11-20(12)13-7-8-14(17)15(18)9-13/h7-9,12,19H,4-6,10-11H2,1-3H3. The second-order valence-electron chi connectivity index (χ2n) is 5.66. The second-order valence-corrected chi connectivity index (χ2v) is 6.47. The Morgan fingerprint density at radius 3 is 2.45 bits per heavy atom. The van der Waals surface area contributed by atoms with Gasteiger partial charge in [0.25, 0.3) is 0 Å². The highest BCUT2D eigenvalue weighted by Crippen LogP contribution is 2.32. The lowest BCUT2D eigenvalue weighted by Crippen LogP contribution is -2.64. The van der Waals surface area contributed by atoms with Gasteiger partial charge >= 0.3 is 0 Å². The number of nitrogens with one attached hydrogen (secondary N) is 1. The van der Waals surface area contributed by atoms with Crippen molar-refractivity contribution >= 4 is 28.9 Å². The molecule has 1 aromatic carbocycles. The first kappa shape index (κ1) is 15.9. The van der Waals surface area contributed by atoms with Crippen molar-refractivity contribution in [2.24, 2.45) is 0 Å². The summed E-state index contributed by atoms with van der Waals surface area (Å²) in [5, 5.41) is 5.01. The van der Waals surface area contributed by atoms with Crippen molar-refractivity contribution in [1.29, 1.82) is 0 Å². The summed E-state index contributed by atoms with van der Waals surface area (Å²) in [6.07, 6.45) is 3.40. The van der Waals surface area contributed by atoms with E-state index in [9.17, 15) is 0 Å². The Morgan fingerprint density at radius 1 is 1.20 bits per heavy atom. The van der Waals surface area contributed by atoms with Crippen molar-refractivity contribution in [2.75, 3.05) is 18.0 Å². The number of piperazine rings is 1. The SMILES string of the molecule is CCC1CNC(CC)(CC)CN1c1ccc(Cl)c(Cl)c1. The van der Waals surface area contributed by atoms with Gasteiger partial charge in [-0.25, -0.2) is 0 Å². The molecular formula is C16H24Cl2N2. The van der Waals surface area contributed by atoms with E-state index in [0.29, 0.717) is 16.1 Å². The molecule has 0 radical (unpaired) electrons. The minimum atomic E-state index is 0.206. The maximum atomic E-state index is 6.19. The van der Waals surface area contributed by atoms with Crippen LogP contribution in [-0.4, -0.2) is 24.7 Å². The van der Waals surface area contributed by atoms with E-state index in [1.54, 1.807) is 0 Å². The van der Waals surface area contributed by atoms with Gasteiger partial charge in [-0.3, -0.25) is 0 Å². The van der Waals surface area contributed by atoms with E-state index < -0.39 is 0 Å². The quantitative estimate of drug-likeness (QED) is 0.863. The maximum Gasteiger partial charge on any atom is 0.0612 e. The molecule has 0 bridgehead atoms. The molecule has 1 N–H and O–H groups in total. The third-order valence-electron chi connectivity index (χ3n) is 4.69. The highest BCUT2D eigenvalue weighted by Gasteiger charge is 2.36. The van der Waals surface area contributed by atoms with E-state index in [0.717, 1.165) is 32.4 Å². The lowest BCUT2D eigenvalue weighted by Gasteiger charge is -2.48. The summed E-state index contributed by atoms with van der Waals surface area (Å²) in [5.41, 5.74) is 1.39. The Morgan fingerprint density at radius 2 is 1.90 bits per heavy atom. The van der Waals surface area contributed by atoms with Gasteiger partial charge in [-0.2, -0.15) is 0 Å². The van der Waals surface area contributed by atoms with Crippen LogP contribution >= 0.6 is 23.2 Å². The first-order chi connectivity index (χ1) is 9.55. The lowest BCUT2D eigenvalue weighted by molar-refractivity contribution is 0.246. The number of nitrogens with zero attached hydrogens (tertiary/aromatic N) is 1. The number of rotatable bonds is 4. The van der Waals surface area contributed by atoms with Crippen molar-refractivity contribution in [2.45, 2.75) is 51.6 Å². The molecule has 1 atom stereocenters. The highest BCUT2D eigenvalue weighted by molar-refractivity contribution is 6.42. The first-order valence-electron chi connectivity index (χ1n) is 7.52. The fourth-order valence-corrected chi connectivity index (χ4v) is 3.30. The van der Waals surface area contributed by atoms with Crippen molar-refractivity contribution in [3.63, 3.8) is 0 Å². The summed E-state index contributed by atoms with van der Waals surface area (Å²) in [6.45, 7) is 8.81. The van der Waals surface area contributed by atoms with Gasteiger partial charge in [0.1, 0.15) is 0 Å². The van der Waals surface area contributed by atoms with E-state index in [4.69, 9.17) is 23.2 Å². The molecule has 1 aliphatic heterocycles. The second kappa shape index (κ2) is 6.55. The Bertz CT molecular complexity index is 458. The third-order valence-corrected chi connectivity index (χ3v) is 5.43. The summed E-state index contributed by atoms with van der Waals surface area (Å²) in [4.78, 5) is 2.49. The zero-order chi connectivity index (χ0) is 14.8. The number of halogens is 2. The Hall–Kier alpha value is -0.440. The van der Waals surface area contributed by atoms with Gasteiger partial charge in [-0.1, -0.05) is 44.0 Å². The Labute approximate surface area is 132 Å². The van der Waals surface area contributed by atoms with Crippen molar-refractivity contribution in [1.82, 2.24) is 5.32 Å². The summed E-state index contributed by atoms with van der Waals surface area (Å²) in [7, 11) is 0. The van der Waals surface area contributed by atoms with Crippen LogP contribution in [-0.2, 0) is 0 Å². The van der Waals surface area contributed by atoms with Gasteiger partial charge in [0.15, 0.2) is 0 Å². The fourth-order valence-electron chi connectivity index (χ4n) is 3.01. The molecule has 1 saturated heterocycles.